The smallest absolute Gasteiger partial charge is 0.251 e. The van der Waals surface area contributed by atoms with E-state index in [4.69, 9.17) is 22.1 Å². The maximum absolute atomic E-state index is 13.8. The summed E-state index contributed by atoms with van der Waals surface area (Å²) in [5.41, 5.74) is 9.08. The van der Waals surface area contributed by atoms with Crippen molar-refractivity contribution in [1.82, 2.24) is 35.8 Å². The van der Waals surface area contributed by atoms with Crippen molar-refractivity contribution >= 4 is 52.1 Å². The van der Waals surface area contributed by atoms with Crippen LogP contribution in [0.1, 0.15) is 136 Å². The quantitative estimate of drug-likeness (QED) is 0.0600. The minimum atomic E-state index is -1.02. The van der Waals surface area contributed by atoms with Crippen LogP contribution in [-0.2, 0) is 19.1 Å². The number of likely N-dealkylation sites (tertiary alicyclic amines) is 1. The van der Waals surface area contributed by atoms with E-state index in [1.54, 1.807) is 6.33 Å². The number of nitrogens with zero attached hydrogens (tertiary/aromatic N) is 4. The average molecular weight is 935 g/mol. The fraction of sp³-hybridized carbons (Fsp3) is 0.577. The first kappa shape index (κ1) is 47.0. The molecule has 4 heterocycles. The Balaban J connectivity index is 0.709. The molecular formula is C52H68ClN9O5. The van der Waals surface area contributed by atoms with Gasteiger partial charge in [-0.1, -0.05) is 55.1 Å². The molecule has 4 aromatic rings. The number of benzene rings is 2. The largest absolute Gasteiger partial charge is 0.381 e. The number of unbranched alkanes of at least 4 members (excludes halogenated alkanes) is 2. The molecule has 2 aliphatic heterocycles. The van der Waals surface area contributed by atoms with Crippen molar-refractivity contribution in [2.45, 2.75) is 126 Å². The van der Waals surface area contributed by atoms with Gasteiger partial charge in [0.05, 0.1) is 22.4 Å². The number of piperidine rings is 2. The standard InChI is InChI=1S/C52H68ClN9O5/c53-41-16-14-36(15-17-41)43(59-49(65)52(54)20-25-61(26-21-52)46-42-18-23-55-45(42)57-34-58-46)19-28-67-27-6-2-5-22-56-48(64)44(37-9-3-1-4-10-37)60-47(63)39-12-7-11-38(29-39)40-13-8-24-62(33-40)50(66)51-30-35(31-51)32-51/h7,11-12,14-18,23,29,34-35,37,40,43-44H,1-6,8-10,13,19-22,24-28,30-33,54H2,(H,56,64)(H,59,65)(H,60,63)(H,55,57,58)/t35?,40?,43-,44+,51?/m0/s1. The Morgan fingerprint density at radius 1 is 0.881 bits per heavy atom. The third kappa shape index (κ3) is 10.8. The van der Waals surface area contributed by atoms with Gasteiger partial charge in [0, 0.05) is 68.6 Å². The van der Waals surface area contributed by atoms with Gasteiger partial charge in [-0.05, 0) is 137 Å². The van der Waals surface area contributed by atoms with Crippen LogP contribution in [0.25, 0.3) is 11.0 Å². The molecule has 4 aliphatic carbocycles. The molecule has 2 bridgehead atoms. The van der Waals surface area contributed by atoms with E-state index in [2.05, 4.69) is 46.8 Å². The Morgan fingerprint density at radius 3 is 2.43 bits per heavy atom. The van der Waals surface area contributed by atoms with E-state index in [1.807, 2.05) is 54.7 Å². The molecule has 4 saturated carbocycles. The maximum atomic E-state index is 13.8. The van der Waals surface area contributed by atoms with Crippen molar-refractivity contribution < 1.29 is 23.9 Å². The molecule has 0 spiro atoms. The number of aromatic amines is 1. The summed E-state index contributed by atoms with van der Waals surface area (Å²) in [6.45, 7) is 4.25. The van der Waals surface area contributed by atoms with Crippen molar-refractivity contribution in [3.63, 3.8) is 0 Å². The molecule has 6 aliphatic rings. The van der Waals surface area contributed by atoms with Crippen molar-refractivity contribution in [2.24, 2.45) is 23.0 Å². The Bertz CT molecular complexity index is 2340. The first-order valence-electron chi connectivity index (χ1n) is 25.0. The second-order valence-electron chi connectivity index (χ2n) is 20.2. The number of rotatable bonds is 19. The van der Waals surface area contributed by atoms with Gasteiger partial charge in [-0.2, -0.15) is 0 Å². The van der Waals surface area contributed by atoms with Crippen molar-refractivity contribution in [2.75, 3.05) is 50.8 Å². The minimum Gasteiger partial charge on any atom is -0.381 e. The lowest BCUT2D eigenvalue weighted by molar-refractivity contribution is -0.178. The zero-order valence-corrected chi connectivity index (χ0v) is 39.5. The topological polar surface area (TPSA) is 188 Å². The summed E-state index contributed by atoms with van der Waals surface area (Å²) >= 11 is 6.22. The number of fused-ring (bicyclic) bond motifs is 1. The number of hydrogen-bond donors (Lipinski definition) is 5. The van der Waals surface area contributed by atoms with Crippen LogP contribution in [0.3, 0.4) is 0 Å². The summed E-state index contributed by atoms with van der Waals surface area (Å²) in [5.74, 6) is 1.73. The fourth-order valence-electron chi connectivity index (χ4n) is 11.4. The monoisotopic (exact) mass is 934 g/mol. The van der Waals surface area contributed by atoms with Gasteiger partial charge in [-0.25, -0.2) is 9.97 Å². The fourth-order valence-corrected chi connectivity index (χ4v) is 11.6. The highest BCUT2D eigenvalue weighted by atomic mass is 35.5. The number of ether oxygens (including phenoxy) is 1. The zero-order valence-electron chi connectivity index (χ0n) is 38.8. The number of carbonyl (C=O) groups excluding carboxylic acids is 4. The highest BCUT2D eigenvalue weighted by Gasteiger charge is 2.62. The van der Waals surface area contributed by atoms with E-state index in [0.717, 1.165) is 124 Å². The summed E-state index contributed by atoms with van der Waals surface area (Å²) in [7, 11) is 0. The number of amides is 4. The summed E-state index contributed by atoms with van der Waals surface area (Å²) < 4.78 is 6.09. The van der Waals surface area contributed by atoms with E-state index in [9.17, 15) is 19.2 Å². The molecule has 15 heteroatoms. The Hall–Kier alpha value is -5.05. The number of carbonyl (C=O) groups is 4. The van der Waals surface area contributed by atoms with E-state index in [-0.39, 0.29) is 41.0 Å². The molecule has 14 nitrogen and oxygen atoms in total. The lowest BCUT2D eigenvalue weighted by Crippen LogP contribution is -2.62. The molecule has 3 atom stereocenters. The van der Waals surface area contributed by atoms with Crippen LogP contribution < -0.4 is 26.6 Å². The van der Waals surface area contributed by atoms with Gasteiger partial charge >= 0.3 is 0 Å². The molecular weight excluding hydrogens is 866 g/mol. The lowest BCUT2D eigenvalue weighted by atomic mass is 9.44. The van der Waals surface area contributed by atoms with Crippen LogP contribution >= 0.6 is 11.6 Å². The van der Waals surface area contributed by atoms with Crippen LogP contribution in [0, 0.1) is 17.3 Å². The van der Waals surface area contributed by atoms with Gasteiger partial charge < -0.3 is 41.2 Å². The second kappa shape index (κ2) is 21.1. The highest BCUT2D eigenvalue weighted by molar-refractivity contribution is 6.30. The molecule has 10 rings (SSSR count). The van der Waals surface area contributed by atoms with Crippen molar-refractivity contribution in [1.29, 1.82) is 0 Å². The maximum Gasteiger partial charge on any atom is 0.251 e. The van der Waals surface area contributed by atoms with Crippen LogP contribution in [-0.4, -0.2) is 101 Å². The van der Waals surface area contributed by atoms with Crippen LogP contribution in [0.5, 0.6) is 0 Å². The normalized spacial score (nSPS) is 23.4. The van der Waals surface area contributed by atoms with Gasteiger partial charge in [0.15, 0.2) is 0 Å². The highest BCUT2D eigenvalue weighted by Crippen LogP contribution is 2.65. The van der Waals surface area contributed by atoms with E-state index in [1.165, 1.54) is 0 Å². The van der Waals surface area contributed by atoms with E-state index < -0.39 is 11.6 Å². The van der Waals surface area contributed by atoms with Crippen molar-refractivity contribution in [3.05, 3.63) is 88.8 Å². The molecule has 1 unspecified atom stereocenters. The van der Waals surface area contributed by atoms with Crippen molar-refractivity contribution in [3.8, 4) is 0 Å². The molecule has 4 amide bonds. The molecule has 2 aromatic carbocycles. The molecule has 0 radical (unpaired) electrons. The Labute approximate surface area is 399 Å². The SMILES string of the molecule is NC1(C(=O)N[C@@H](CCOCCCCCNC(=O)[C@H](NC(=O)c2cccc(C3CCCN(C(=O)C45CC(C4)C5)C3)c2)C2CCCCC2)c2ccc(Cl)cc2)CCN(c2ncnc3[nH]ccc23)CC1. The number of nitrogens with two attached hydrogens (primary N) is 1. The summed E-state index contributed by atoms with van der Waals surface area (Å²) in [6, 6.07) is 16.4. The number of halogens is 1. The first-order chi connectivity index (χ1) is 32.6. The number of aromatic nitrogens is 3. The first-order valence-corrected chi connectivity index (χ1v) is 25.4. The summed E-state index contributed by atoms with van der Waals surface area (Å²) in [4.78, 5) is 71.0. The van der Waals surface area contributed by atoms with Gasteiger partial charge in [0.1, 0.15) is 23.8 Å². The Morgan fingerprint density at radius 2 is 1.67 bits per heavy atom. The number of nitrogens with one attached hydrogen (secondary N) is 4. The molecule has 2 aromatic heterocycles. The van der Waals surface area contributed by atoms with E-state index >= 15 is 0 Å². The van der Waals surface area contributed by atoms with Gasteiger partial charge in [-0.15, -0.1) is 0 Å². The van der Waals surface area contributed by atoms with Crippen LogP contribution in [0.2, 0.25) is 5.02 Å². The number of hydrogen-bond acceptors (Lipinski definition) is 9. The third-order valence-electron chi connectivity index (χ3n) is 15.6. The van der Waals surface area contributed by atoms with Gasteiger partial charge in [-0.3, -0.25) is 19.2 Å². The van der Waals surface area contributed by atoms with Gasteiger partial charge in [0.25, 0.3) is 5.91 Å². The Kier molecular flexibility index (Phi) is 14.8. The second-order valence-corrected chi connectivity index (χ2v) is 20.7. The predicted octanol–water partition coefficient (Wildman–Crippen LogP) is 7.34. The van der Waals surface area contributed by atoms with Gasteiger partial charge in [0.2, 0.25) is 17.7 Å². The molecule has 2 saturated heterocycles. The molecule has 6 N–H and O–H groups in total. The molecule has 358 valence electrons. The molecule has 6 fully saturated rings. The summed E-state index contributed by atoms with van der Waals surface area (Å²) in [5, 5.41) is 11.1. The molecule has 67 heavy (non-hydrogen) atoms. The lowest BCUT2D eigenvalue weighted by Gasteiger charge is -2.61. The number of H-pyrrole nitrogens is 1. The zero-order chi connectivity index (χ0) is 46.4. The minimum absolute atomic E-state index is 0.0719. The predicted molar refractivity (Wildman–Crippen MR) is 259 cm³/mol. The van der Waals surface area contributed by atoms with Crippen LogP contribution in [0.15, 0.2) is 67.1 Å². The average Bonchev–Trinajstić information content (AvgIpc) is 3.82. The number of anilines is 1. The van der Waals surface area contributed by atoms with E-state index in [0.29, 0.717) is 75.1 Å². The third-order valence-corrected chi connectivity index (χ3v) is 15.9. The summed E-state index contributed by atoms with van der Waals surface area (Å²) in [6.07, 6.45) is 17.7. The van der Waals surface area contributed by atoms with Crippen LogP contribution in [0.4, 0.5) is 5.82 Å².